The molecule has 0 spiro atoms. The van der Waals surface area contributed by atoms with Crippen LogP contribution < -0.4 is 5.56 Å². The van der Waals surface area contributed by atoms with Crippen molar-refractivity contribution in [3.63, 3.8) is 0 Å². The highest BCUT2D eigenvalue weighted by atomic mass is 16.7. The van der Waals surface area contributed by atoms with Gasteiger partial charge in [-0.3, -0.25) is 14.9 Å². The first-order chi connectivity index (χ1) is 8.01. The lowest BCUT2D eigenvalue weighted by molar-refractivity contribution is -0.386. The average molecular weight is 242 g/mol. The summed E-state index contributed by atoms with van der Waals surface area (Å²) in [6.07, 6.45) is -0.617. The molecular formula is C10H14N2O5. The van der Waals surface area contributed by atoms with Crippen LogP contribution in [0.3, 0.4) is 0 Å². The molecule has 0 aliphatic carbocycles. The maximum Gasteiger partial charge on any atom is 0.288 e. The minimum absolute atomic E-state index is 0.101. The van der Waals surface area contributed by atoms with Crippen LogP contribution >= 0.6 is 0 Å². The van der Waals surface area contributed by atoms with Gasteiger partial charge in [-0.15, -0.1) is 0 Å². The topological polar surface area (TPSA) is 83.6 Å². The van der Waals surface area contributed by atoms with Gasteiger partial charge in [0, 0.05) is 26.4 Å². The van der Waals surface area contributed by atoms with Crippen LogP contribution in [-0.2, 0) is 16.0 Å². The van der Waals surface area contributed by atoms with E-state index in [-0.39, 0.29) is 23.5 Å². The Morgan fingerprint density at radius 1 is 1.41 bits per heavy atom. The zero-order chi connectivity index (χ0) is 13.0. The molecule has 0 aliphatic heterocycles. The summed E-state index contributed by atoms with van der Waals surface area (Å²) in [4.78, 5) is 21.8. The van der Waals surface area contributed by atoms with E-state index >= 15 is 0 Å². The van der Waals surface area contributed by atoms with Gasteiger partial charge in [0.05, 0.1) is 17.2 Å². The van der Waals surface area contributed by atoms with Gasteiger partial charge in [0.25, 0.3) is 11.2 Å². The van der Waals surface area contributed by atoms with Crippen molar-refractivity contribution < 1.29 is 14.4 Å². The molecule has 1 aromatic rings. The summed E-state index contributed by atoms with van der Waals surface area (Å²) in [5, 5.41) is 10.7. The molecule has 94 valence electrons. The lowest BCUT2D eigenvalue weighted by Gasteiger charge is -2.16. The average Bonchev–Trinajstić information content (AvgIpc) is 2.29. The third-order valence-electron chi connectivity index (χ3n) is 2.48. The predicted octanol–water partition coefficient (Wildman–Crippen LogP) is 0.684. The third-order valence-corrected chi connectivity index (χ3v) is 2.48. The minimum atomic E-state index is -0.617. The normalized spacial score (nSPS) is 10.8. The number of ether oxygens (including phenoxy) is 2. The second kappa shape index (κ2) is 5.55. The molecule has 1 heterocycles. The van der Waals surface area contributed by atoms with E-state index in [1.165, 1.54) is 31.8 Å². The molecule has 1 rings (SSSR count). The van der Waals surface area contributed by atoms with Crippen LogP contribution in [0.2, 0.25) is 0 Å². The number of rotatable bonds is 5. The summed E-state index contributed by atoms with van der Waals surface area (Å²) in [6.45, 7) is 1.63. The van der Waals surface area contributed by atoms with Crippen molar-refractivity contribution in [1.82, 2.24) is 4.57 Å². The van der Waals surface area contributed by atoms with E-state index in [1.807, 2.05) is 0 Å². The monoisotopic (exact) mass is 242 g/mol. The van der Waals surface area contributed by atoms with E-state index in [0.29, 0.717) is 0 Å². The second-order valence-electron chi connectivity index (χ2n) is 3.41. The number of pyridine rings is 1. The largest absolute Gasteiger partial charge is 0.354 e. The van der Waals surface area contributed by atoms with Crippen LogP contribution in [0.4, 0.5) is 5.69 Å². The summed E-state index contributed by atoms with van der Waals surface area (Å²) in [6, 6.07) is 2.36. The fourth-order valence-electron chi connectivity index (χ4n) is 1.48. The van der Waals surface area contributed by atoms with Crippen LogP contribution in [0, 0.1) is 17.0 Å². The maximum atomic E-state index is 11.6. The van der Waals surface area contributed by atoms with Crippen molar-refractivity contribution >= 4 is 5.69 Å². The van der Waals surface area contributed by atoms with Crippen molar-refractivity contribution in [3.05, 3.63) is 38.3 Å². The highest BCUT2D eigenvalue weighted by molar-refractivity contribution is 5.34. The molecule has 7 nitrogen and oxygen atoms in total. The maximum absolute atomic E-state index is 11.6. The van der Waals surface area contributed by atoms with E-state index in [2.05, 4.69) is 0 Å². The van der Waals surface area contributed by atoms with Crippen LogP contribution in [0.5, 0.6) is 0 Å². The molecule has 17 heavy (non-hydrogen) atoms. The quantitative estimate of drug-likeness (QED) is 0.430. The van der Waals surface area contributed by atoms with Crippen molar-refractivity contribution in [2.24, 2.45) is 0 Å². The Hall–Kier alpha value is -1.73. The molecule has 0 amide bonds. The molecule has 0 saturated carbocycles. The standard InChI is InChI=1S/C10H14N2O5/c1-7-8(12(14)15)4-5-9(13)11(7)6-10(16-2)17-3/h4-5,10H,6H2,1-3H3. The van der Waals surface area contributed by atoms with Crippen LogP contribution in [0.15, 0.2) is 16.9 Å². The van der Waals surface area contributed by atoms with E-state index in [0.717, 1.165) is 6.07 Å². The van der Waals surface area contributed by atoms with Crippen LogP contribution in [0.1, 0.15) is 5.69 Å². The number of nitro groups is 1. The van der Waals surface area contributed by atoms with E-state index in [9.17, 15) is 14.9 Å². The fraction of sp³-hybridized carbons (Fsp3) is 0.500. The number of hydrogen-bond donors (Lipinski definition) is 0. The molecule has 0 bridgehead atoms. The summed E-state index contributed by atoms with van der Waals surface area (Å²) >= 11 is 0. The highest BCUT2D eigenvalue weighted by Crippen LogP contribution is 2.15. The van der Waals surface area contributed by atoms with Crippen molar-refractivity contribution in [2.45, 2.75) is 19.8 Å². The van der Waals surface area contributed by atoms with E-state index < -0.39 is 11.2 Å². The first-order valence-corrected chi connectivity index (χ1v) is 4.91. The molecule has 0 unspecified atom stereocenters. The van der Waals surface area contributed by atoms with Gasteiger partial charge in [-0.25, -0.2) is 0 Å². The summed E-state index contributed by atoms with van der Waals surface area (Å²) < 4.78 is 11.2. The highest BCUT2D eigenvalue weighted by Gasteiger charge is 2.17. The molecule has 0 saturated heterocycles. The smallest absolute Gasteiger partial charge is 0.288 e. The molecule has 0 fully saturated rings. The Balaban J connectivity index is 3.18. The Morgan fingerprint density at radius 3 is 2.47 bits per heavy atom. The van der Waals surface area contributed by atoms with Crippen molar-refractivity contribution in [2.75, 3.05) is 14.2 Å². The van der Waals surface area contributed by atoms with Crippen molar-refractivity contribution in [1.29, 1.82) is 0 Å². The molecular weight excluding hydrogens is 228 g/mol. The van der Waals surface area contributed by atoms with Gasteiger partial charge in [0.15, 0.2) is 6.29 Å². The predicted molar refractivity (Wildman–Crippen MR) is 59.9 cm³/mol. The van der Waals surface area contributed by atoms with E-state index in [1.54, 1.807) is 0 Å². The number of methoxy groups -OCH3 is 2. The Morgan fingerprint density at radius 2 is 2.00 bits per heavy atom. The Labute approximate surface area is 97.7 Å². The number of aromatic nitrogens is 1. The van der Waals surface area contributed by atoms with Gasteiger partial charge < -0.3 is 14.0 Å². The van der Waals surface area contributed by atoms with Gasteiger partial charge in [0.2, 0.25) is 0 Å². The minimum Gasteiger partial charge on any atom is -0.354 e. The first kappa shape index (κ1) is 13.3. The van der Waals surface area contributed by atoms with Gasteiger partial charge >= 0.3 is 0 Å². The molecule has 0 atom stereocenters. The Bertz CT molecular complexity index is 464. The van der Waals surface area contributed by atoms with Crippen LogP contribution in [0.25, 0.3) is 0 Å². The molecule has 0 radical (unpaired) electrons. The van der Waals surface area contributed by atoms with E-state index in [4.69, 9.17) is 9.47 Å². The third kappa shape index (κ3) is 2.89. The lowest BCUT2D eigenvalue weighted by Crippen LogP contribution is -2.30. The molecule has 0 N–H and O–H groups in total. The number of hydrogen-bond acceptors (Lipinski definition) is 5. The lowest BCUT2D eigenvalue weighted by atomic mass is 10.3. The number of nitrogens with zero attached hydrogens (tertiary/aromatic N) is 2. The van der Waals surface area contributed by atoms with Gasteiger partial charge in [-0.05, 0) is 6.92 Å². The summed E-state index contributed by atoms with van der Waals surface area (Å²) in [7, 11) is 2.87. The summed E-state index contributed by atoms with van der Waals surface area (Å²) in [5.41, 5.74) is -0.149. The van der Waals surface area contributed by atoms with Crippen LogP contribution in [-0.4, -0.2) is 30.0 Å². The SMILES string of the molecule is COC(Cn1c(C)c([N+](=O)[O-])ccc1=O)OC. The van der Waals surface area contributed by atoms with Gasteiger partial charge in [-0.1, -0.05) is 0 Å². The molecule has 0 aliphatic rings. The second-order valence-corrected chi connectivity index (χ2v) is 3.41. The fourth-order valence-corrected chi connectivity index (χ4v) is 1.48. The van der Waals surface area contributed by atoms with Gasteiger partial charge in [0.1, 0.15) is 0 Å². The van der Waals surface area contributed by atoms with Gasteiger partial charge in [-0.2, -0.15) is 0 Å². The molecule has 7 heteroatoms. The summed E-state index contributed by atoms with van der Waals surface area (Å²) in [5.74, 6) is 0. The zero-order valence-corrected chi connectivity index (χ0v) is 9.87. The molecule has 0 aromatic carbocycles. The molecule has 1 aromatic heterocycles. The zero-order valence-electron chi connectivity index (χ0n) is 9.87. The van der Waals surface area contributed by atoms with Crippen molar-refractivity contribution in [3.8, 4) is 0 Å². The first-order valence-electron chi connectivity index (χ1n) is 4.91. The Kier molecular flexibility index (Phi) is 4.36.